The fourth-order valence-corrected chi connectivity index (χ4v) is 3.57. The van der Waals surface area contributed by atoms with Crippen LogP contribution in [0.1, 0.15) is 17.8 Å². The summed E-state index contributed by atoms with van der Waals surface area (Å²) in [7, 11) is 1.83. The molecule has 8 nitrogen and oxygen atoms in total. The van der Waals surface area contributed by atoms with E-state index in [0.717, 1.165) is 5.01 Å². The predicted molar refractivity (Wildman–Crippen MR) is 105 cm³/mol. The number of anilines is 1. The Labute approximate surface area is 169 Å². The van der Waals surface area contributed by atoms with E-state index in [0.29, 0.717) is 26.9 Å². The minimum absolute atomic E-state index is 0.168. The number of hydrogen-bond donors (Lipinski definition) is 1. The molecule has 0 aliphatic carbocycles. The first kappa shape index (κ1) is 19.6. The monoisotopic (exact) mass is 424 g/mol. The summed E-state index contributed by atoms with van der Waals surface area (Å²) >= 11 is 8.50. The summed E-state index contributed by atoms with van der Waals surface area (Å²) in [6.07, 6.45) is 0. The SMILES string of the molecule is Cc1nnc(NC(=O)[C@H](C)Sc2nnc(COc3ccc(Cl)cc3)n2C)s1. The van der Waals surface area contributed by atoms with Crippen molar-refractivity contribution in [3.8, 4) is 5.75 Å². The molecule has 0 saturated heterocycles. The van der Waals surface area contributed by atoms with Gasteiger partial charge in [0.05, 0.1) is 5.25 Å². The number of aromatic nitrogens is 5. The molecule has 1 aromatic carbocycles. The van der Waals surface area contributed by atoms with Crippen molar-refractivity contribution in [1.29, 1.82) is 0 Å². The Balaban J connectivity index is 1.57. The lowest BCUT2D eigenvalue weighted by Crippen LogP contribution is -2.22. The first-order valence-corrected chi connectivity index (χ1v) is 10.0. The molecule has 2 aromatic heterocycles. The Bertz CT molecular complexity index is 927. The van der Waals surface area contributed by atoms with E-state index in [1.54, 1.807) is 35.8 Å². The summed E-state index contributed by atoms with van der Waals surface area (Å²) in [5, 5.41) is 21.0. The third-order valence-corrected chi connectivity index (χ3v) is 5.65. The maximum atomic E-state index is 12.3. The van der Waals surface area contributed by atoms with Gasteiger partial charge in [0.15, 0.2) is 11.0 Å². The number of nitrogens with one attached hydrogen (secondary N) is 1. The topological polar surface area (TPSA) is 94.8 Å². The van der Waals surface area contributed by atoms with Gasteiger partial charge in [0.1, 0.15) is 17.4 Å². The number of amides is 1. The highest BCUT2D eigenvalue weighted by Crippen LogP contribution is 2.24. The average Bonchev–Trinajstić information content (AvgIpc) is 3.20. The van der Waals surface area contributed by atoms with Crippen LogP contribution in [0.5, 0.6) is 5.75 Å². The van der Waals surface area contributed by atoms with E-state index in [1.165, 1.54) is 23.1 Å². The van der Waals surface area contributed by atoms with Gasteiger partial charge < -0.3 is 9.30 Å². The van der Waals surface area contributed by atoms with Crippen LogP contribution < -0.4 is 10.1 Å². The molecule has 11 heteroatoms. The van der Waals surface area contributed by atoms with Gasteiger partial charge in [0, 0.05) is 12.1 Å². The number of benzene rings is 1. The molecule has 1 N–H and O–H groups in total. The van der Waals surface area contributed by atoms with E-state index in [4.69, 9.17) is 16.3 Å². The lowest BCUT2D eigenvalue weighted by Gasteiger charge is -2.10. The van der Waals surface area contributed by atoms with E-state index < -0.39 is 0 Å². The Morgan fingerprint density at radius 3 is 2.70 bits per heavy atom. The van der Waals surface area contributed by atoms with Crippen molar-refractivity contribution in [1.82, 2.24) is 25.0 Å². The van der Waals surface area contributed by atoms with Gasteiger partial charge >= 0.3 is 0 Å². The number of carbonyl (C=O) groups excluding carboxylic acids is 1. The van der Waals surface area contributed by atoms with Crippen LogP contribution >= 0.6 is 34.7 Å². The van der Waals surface area contributed by atoms with Crippen molar-refractivity contribution in [3.05, 3.63) is 40.1 Å². The Kier molecular flexibility index (Phi) is 6.30. The van der Waals surface area contributed by atoms with Gasteiger partial charge in [-0.05, 0) is 38.1 Å². The largest absolute Gasteiger partial charge is 0.486 e. The molecule has 27 heavy (non-hydrogen) atoms. The lowest BCUT2D eigenvalue weighted by molar-refractivity contribution is -0.115. The minimum atomic E-state index is -0.373. The molecule has 0 bridgehead atoms. The quantitative estimate of drug-likeness (QED) is 0.581. The molecule has 142 valence electrons. The molecule has 0 fully saturated rings. The summed E-state index contributed by atoms with van der Waals surface area (Å²) in [6.45, 7) is 3.89. The van der Waals surface area contributed by atoms with Crippen molar-refractivity contribution in [2.45, 2.75) is 30.9 Å². The molecule has 0 unspecified atom stereocenters. The summed E-state index contributed by atoms with van der Waals surface area (Å²) < 4.78 is 7.50. The van der Waals surface area contributed by atoms with Gasteiger partial charge in [-0.15, -0.1) is 20.4 Å². The smallest absolute Gasteiger partial charge is 0.239 e. The highest BCUT2D eigenvalue weighted by atomic mass is 35.5. The molecular weight excluding hydrogens is 408 g/mol. The summed E-state index contributed by atoms with van der Waals surface area (Å²) in [6, 6.07) is 7.09. The lowest BCUT2D eigenvalue weighted by atomic mass is 10.3. The van der Waals surface area contributed by atoms with Crippen LogP contribution in [0.15, 0.2) is 29.4 Å². The molecule has 0 radical (unpaired) electrons. The molecule has 0 saturated carbocycles. The van der Waals surface area contributed by atoms with Crippen molar-refractivity contribution in [2.24, 2.45) is 7.05 Å². The summed E-state index contributed by atoms with van der Waals surface area (Å²) in [5.41, 5.74) is 0. The van der Waals surface area contributed by atoms with Crippen LogP contribution in [0.4, 0.5) is 5.13 Å². The van der Waals surface area contributed by atoms with Crippen LogP contribution in [-0.4, -0.2) is 36.1 Å². The van der Waals surface area contributed by atoms with Gasteiger partial charge in [-0.1, -0.05) is 34.7 Å². The zero-order valence-corrected chi connectivity index (χ0v) is 17.2. The molecule has 1 amide bonds. The van der Waals surface area contributed by atoms with Crippen LogP contribution in [-0.2, 0) is 18.4 Å². The number of nitrogens with zero attached hydrogens (tertiary/aromatic N) is 5. The van der Waals surface area contributed by atoms with Gasteiger partial charge in [-0.25, -0.2) is 0 Å². The number of carbonyl (C=O) groups is 1. The molecule has 3 aromatic rings. The normalized spacial score (nSPS) is 12.0. The number of ether oxygens (including phenoxy) is 1. The highest BCUT2D eigenvalue weighted by Gasteiger charge is 2.20. The zero-order valence-electron chi connectivity index (χ0n) is 14.8. The van der Waals surface area contributed by atoms with E-state index in [2.05, 4.69) is 25.7 Å². The fraction of sp³-hybridized carbons (Fsp3) is 0.312. The van der Waals surface area contributed by atoms with Crippen molar-refractivity contribution in [3.63, 3.8) is 0 Å². The standard InChI is InChI=1S/C16H17ClN6O2S2/c1-9(14(24)18-15-21-19-10(2)27-15)26-16-22-20-13(23(16)3)8-25-12-6-4-11(17)5-7-12/h4-7,9H,8H2,1-3H3,(H,18,21,24)/t9-/m0/s1. The van der Waals surface area contributed by atoms with Gasteiger partial charge in [-0.3, -0.25) is 10.1 Å². The molecule has 2 heterocycles. The van der Waals surface area contributed by atoms with E-state index in [9.17, 15) is 4.79 Å². The van der Waals surface area contributed by atoms with Crippen LogP contribution in [0.3, 0.4) is 0 Å². The molecular formula is C16H17ClN6O2S2. The number of halogens is 1. The predicted octanol–water partition coefficient (Wildman–Crippen LogP) is 3.33. The van der Waals surface area contributed by atoms with Crippen molar-refractivity contribution in [2.75, 3.05) is 5.32 Å². The Hall–Kier alpha value is -2.17. The van der Waals surface area contributed by atoms with E-state index >= 15 is 0 Å². The van der Waals surface area contributed by atoms with Crippen LogP contribution in [0, 0.1) is 6.92 Å². The second kappa shape index (κ2) is 8.68. The second-order valence-electron chi connectivity index (χ2n) is 5.58. The maximum absolute atomic E-state index is 12.3. The third-order valence-electron chi connectivity index (χ3n) is 3.51. The third kappa shape index (κ3) is 5.18. The molecule has 0 aliphatic rings. The van der Waals surface area contributed by atoms with E-state index in [-0.39, 0.29) is 17.8 Å². The summed E-state index contributed by atoms with van der Waals surface area (Å²) in [5.74, 6) is 1.18. The molecule has 0 aliphatic heterocycles. The molecule has 3 rings (SSSR count). The van der Waals surface area contributed by atoms with Crippen molar-refractivity contribution < 1.29 is 9.53 Å². The number of rotatable bonds is 7. The fourth-order valence-electron chi connectivity index (χ4n) is 2.02. The van der Waals surface area contributed by atoms with Crippen LogP contribution in [0.2, 0.25) is 5.02 Å². The first-order valence-electron chi connectivity index (χ1n) is 7.96. The minimum Gasteiger partial charge on any atom is -0.486 e. The average molecular weight is 425 g/mol. The zero-order chi connectivity index (χ0) is 19.4. The number of hydrogen-bond acceptors (Lipinski definition) is 8. The van der Waals surface area contributed by atoms with Gasteiger partial charge in [0.25, 0.3) is 0 Å². The molecule has 0 spiro atoms. The summed E-state index contributed by atoms with van der Waals surface area (Å²) in [4.78, 5) is 12.3. The Morgan fingerprint density at radius 2 is 2.04 bits per heavy atom. The molecule has 1 atom stereocenters. The second-order valence-corrected chi connectivity index (χ2v) is 8.50. The van der Waals surface area contributed by atoms with Gasteiger partial charge in [-0.2, -0.15) is 0 Å². The maximum Gasteiger partial charge on any atom is 0.239 e. The first-order chi connectivity index (χ1) is 12.9. The van der Waals surface area contributed by atoms with E-state index in [1.807, 2.05) is 14.0 Å². The van der Waals surface area contributed by atoms with Crippen molar-refractivity contribution >= 4 is 45.7 Å². The van der Waals surface area contributed by atoms with Gasteiger partial charge in [0.2, 0.25) is 11.0 Å². The number of thioether (sulfide) groups is 1. The van der Waals surface area contributed by atoms with Crippen LogP contribution in [0.25, 0.3) is 0 Å². The number of aryl methyl sites for hydroxylation is 1. The Morgan fingerprint density at radius 1 is 1.30 bits per heavy atom. The highest BCUT2D eigenvalue weighted by molar-refractivity contribution is 8.00.